The molecule has 0 aromatic rings. The van der Waals surface area contributed by atoms with Gasteiger partial charge in [-0.25, -0.2) is 9.69 Å². The number of nitrogens with two attached hydrogens (primary N) is 1. The van der Waals surface area contributed by atoms with Gasteiger partial charge in [0.1, 0.15) is 6.61 Å². The van der Waals surface area contributed by atoms with Crippen LogP contribution in [0.4, 0.5) is 4.79 Å². The lowest BCUT2D eigenvalue weighted by Crippen LogP contribution is -2.33. The van der Waals surface area contributed by atoms with Gasteiger partial charge in [0, 0.05) is 6.04 Å². The van der Waals surface area contributed by atoms with Crippen LogP contribution in [0.2, 0.25) is 0 Å². The van der Waals surface area contributed by atoms with E-state index in [0.717, 1.165) is 17.1 Å². The summed E-state index contributed by atoms with van der Waals surface area (Å²) in [7, 11) is 0. The van der Waals surface area contributed by atoms with E-state index in [9.17, 15) is 9.59 Å². The summed E-state index contributed by atoms with van der Waals surface area (Å²) in [6, 6.07) is 0.157. The summed E-state index contributed by atoms with van der Waals surface area (Å²) in [6.07, 6.45) is 0.357. The molecule has 0 radical (unpaired) electrons. The predicted octanol–water partition coefficient (Wildman–Crippen LogP) is 0.436. The number of amides is 2. The molecule has 2 N–H and O–H groups in total. The normalized spacial score (nSPS) is 17.7. The fraction of sp³-hybridized carbons (Fsp3) is 0.778. The fourth-order valence-corrected chi connectivity index (χ4v) is 2.14. The smallest absolute Gasteiger partial charge is 0.416 e. The van der Waals surface area contributed by atoms with E-state index in [4.69, 9.17) is 5.73 Å². The molecule has 0 bridgehead atoms. The monoisotopic (exact) mass is 232 g/mol. The molecule has 15 heavy (non-hydrogen) atoms. The van der Waals surface area contributed by atoms with Gasteiger partial charge in [-0.1, -0.05) is 0 Å². The lowest BCUT2D eigenvalue weighted by atomic mass is 10.3. The molecule has 1 heterocycles. The summed E-state index contributed by atoms with van der Waals surface area (Å²) in [4.78, 5) is 23.6. The van der Waals surface area contributed by atoms with E-state index in [0.29, 0.717) is 18.9 Å². The minimum Gasteiger partial charge on any atom is -0.447 e. The number of hydrogen-bond donors (Lipinski definition) is 1. The van der Waals surface area contributed by atoms with Gasteiger partial charge < -0.3 is 10.5 Å². The second kappa shape index (κ2) is 5.97. The quantitative estimate of drug-likeness (QED) is 0.696. The zero-order valence-electron chi connectivity index (χ0n) is 8.77. The molecular weight excluding hydrogens is 216 g/mol. The maximum absolute atomic E-state index is 11.5. The van der Waals surface area contributed by atoms with Crippen LogP contribution in [0.3, 0.4) is 0 Å². The first-order valence-electron chi connectivity index (χ1n) is 4.91. The largest absolute Gasteiger partial charge is 0.447 e. The van der Waals surface area contributed by atoms with Gasteiger partial charge in [0.05, 0.1) is 12.3 Å². The zero-order valence-corrected chi connectivity index (χ0v) is 9.59. The first-order valence-corrected chi connectivity index (χ1v) is 6.07. The molecule has 1 aliphatic heterocycles. The topological polar surface area (TPSA) is 72.6 Å². The summed E-state index contributed by atoms with van der Waals surface area (Å²) in [6.45, 7) is 2.63. The SMILES string of the molecule is CC(N)CCSCC(=O)N1CCOC1=O. The predicted molar refractivity (Wildman–Crippen MR) is 58.7 cm³/mol. The molecule has 1 unspecified atom stereocenters. The molecule has 0 aromatic carbocycles. The third kappa shape index (κ3) is 4.09. The van der Waals surface area contributed by atoms with E-state index in [1.807, 2.05) is 6.92 Å². The molecule has 86 valence electrons. The van der Waals surface area contributed by atoms with E-state index in [-0.39, 0.29) is 11.9 Å². The molecule has 0 aromatic heterocycles. The third-order valence-electron chi connectivity index (χ3n) is 2.00. The van der Waals surface area contributed by atoms with Gasteiger partial charge >= 0.3 is 6.09 Å². The highest BCUT2D eigenvalue weighted by atomic mass is 32.2. The molecule has 2 amide bonds. The first kappa shape index (κ1) is 12.3. The molecule has 1 saturated heterocycles. The minimum atomic E-state index is -0.521. The Balaban J connectivity index is 2.16. The molecular formula is C9H16N2O3S. The molecule has 1 rings (SSSR count). The van der Waals surface area contributed by atoms with Crippen LogP contribution in [0.15, 0.2) is 0 Å². The van der Waals surface area contributed by atoms with Crippen molar-refractivity contribution in [3.05, 3.63) is 0 Å². The number of rotatable bonds is 5. The Labute approximate surface area is 93.3 Å². The Morgan fingerprint density at radius 1 is 1.73 bits per heavy atom. The Morgan fingerprint density at radius 3 is 3.00 bits per heavy atom. The maximum atomic E-state index is 11.5. The molecule has 5 nitrogen and oxygen atoms in total. The van der Waals surface area contributed by atoms with E-state index >= 15 is 0 Å². The van der Waals surface area contributed by atoms with Gasteiger partial charge in [-0.05, 0) is 19.1 Å². The van der Waals surface area contributed by atoms with Gasteiger partial charge in [-0.2, -0.15) is 11.8 Å². The molecule has 6 heteroatoms. The lowest BCUT2D eigenvalue weighted by molar-refractivity contribution is -0.124. The van der Waals surface area contributed by atoms with Crippen molar-refractivity contribution in [1.82, 2.24) is 4.90 Å². The molecule has 1 aliphatic rings. The van der Waals surface area contributed by atoms with Crippen LogP contribution in [0.5, 0.6) is 0 Å². The number of nitrogens with zero attached hydrogens (tertiary/aromatic N) is 1. The number of carbonyl (C=O) groups excluding carboxylic acids is 2. The molecule has 1 fully saturated rings. The number of hydrogen-bond acceptors (Lipinski definition) is 5. The number of imide groups is 1. The second-order valence-electron chi connectivity index (χ2n) is 3.48. The van der Waals surface area contributed by atoms with Crippen molar-refractivity contribution in [1.29, 1.82) is 0 Å². The molecule has 0 saturated carbocycles. The number of cyclic esters (lactones) is 1. The standard InChI is InChI=1S/C9H16N2O3S/c1-7(10)2-5-15-6-8(12)11-3-4-14-9(11)13/h7H,2-6,10H2,1H3. The van der Waals surface area contributed by atoms with Crippen LogP contribution >= 0.6 is 11.8 Å². The summed E-state index contributed by atoms with van der Waals surface area (Å²) in [5, 5.41) is 0. The third-order valence-corrected chi connectivity index (χ3v) is 2.98. The van der Waals surface area contributed by atoms with E-state index in [1.165, 1.54) is 11.8 Å². The summed E-state index contributed by atoms with van der Waals surface area (Å²) >= 11 is 1.50. The summed E-state index contributed by atoms with van der Waals surface area (Å²) < 4.78 is 4.67. The van der Waals surface area contributed by atoms with Crippen LogP contribution in [-0.2, 0) is 9.53 Å². The highest BCUT2D eigenvalue weighted by Crippen LogP contribution is 2.09. The maximum Gasteiger partial charge on any atom is 0.416 e. The summed E-state index contributed by atoms with van der Waals surface area (Å²) in [5.74, 6) is 0.987. The van der Waals surface area contributed by atoms with E-state index in [2.05, 4.69) is 4.74 Å². The van der Waals surface area contributed by atoms with Crippen LogP contribution in [-0.4, -0.2) is 47.6 Å². The fourth-order valence-electron chi connectivity index (χ4n) is 1.13. The van der Waals surface area contributed by atoms with Gasteiger partial charge in [-0.15, -0.1) is 0 Å². The number of thioether (sulfide) groups is 1. The minimum absolute atomic E-state index is 0.157. The van der Waals surface area contributed by atoms with Crippen LogP contribution in [0.1, 0.15) is 13.3 Å². The van der Waals surface area contributed by atoms with Gasteiger partial charge in [0.2, 0.25) is 5.91 Å². The molecule has 1 atom stereocenters. The Morgan fingerprint density at radius 2 is 2.47 bits per heavy atom. The highest BCUT2D eigenvalue weighted by molar-refractivity contribution is 7.99. The lowest BCUT2D eigenvalue weighted by Gasteiger charge is -2.10. The van der Waals surface area contributed by atoms with E-state index < -0.39 is 6.09 Å². The van der Waals surface area contributed by atoms with Crippen molar-refractivity contribution >= 4 is 23.8 Å². The average molecular weight is 232 g/mol. The van der Waals surface area contributed by atoms with Crippen molar-refractivity contribution in [3.63, 3.8) is 0 Å². The second-order valence-corrected chi connectivity index (χ2v) is 4.58. The first-order chi connectivity index (χ1) is 7.11. The highest BCUT2D eigenvalue weighted by Gasteiger charge is 2.27. The van der Waals surface area contributed by atoms with Crippen LogP contribution < -0.4 is 5.73 Å². The Kier molecular flexibility index (Phi) is 4.90. The van der Waals surface area contributed by atoms with Crippen molar-refractivity contribution in [2.24, 2.45) is 5.73 Å². The summed E-state index contributed by atoms with van der Waals surface area (Å²) in [5.41, 5.74) is 5.57. The van der Waals surface area contributed by atoms with E-state index in [1.54, 1.807) is 0 Å². The van der Waals surface area contributed by atoms with Crippen molar-refractivity contribution < 1.29 is 14.3 Å². The molecule has 0 aliphatic carbocycles. The van der Waals surface area contributed by atoms with Crippen LogP contribution in [0, 0.1) is 0 Å². The van der Waals surface area contributed by atoms with Gasteiger partial charge in [-0.3, -0.25) is 4.79 Å². The van der Waals surface area contributed by atoms with Gasteiger partial charge in [0.25, 0.3) is 0 Å². The average Bonchev–Trinajstić information content (AvgIpc) is 2.58. The number of ether oxygens (including phenoxy) is 1. The van der Waals surface area contributed by atoms with Crippen LogP contribution in [0.25, 0.3) is 0 Å². The Hall–Kier alpha value is -0.750. The Bertz CT molecular complexity index is 246. The van der Waals surface area contributed by atoms with Crippen molar-refractivity contribution in [2.45, 2.75) is 19.4 Å². The number of carbonyl (C=O) groups is 2. The van der Waals surface area contributed by atoms with Crippen molar-refractivity contribution in [2.75, 3.05) is 24.7 Å². The molecule has 0 spiro atoms. The zero-order chi connectivity index (χ0) is 11.3. The van der Waals surface area contributed by atoms with Gasteiger partial charge in [0.15, 0.2) is 0 Å². The van der Waals surface area contributed by atoms with Crippen molar-refractivity contribution in [3.8, 4) is 0 Å².